The lowest BCUT2D eigenvalue weighted by Gasteiger charge is -2.12. The molecule has 1 heterocycles. The average molecular weight is 321 g/mol. The van der Waals surface area contributed by atoms with Crippen LogP contribution in [0.2, 0.25) is 5.02 Å². The number of ether oxygens (including phenoxy) is 1. The molecule has 0 aliphatic heterocycles. The predicted octanol–water partition coefficient (Wildman–Crippen LogP) is 4.99. The van der Waals surface area contributed by atoms with E-state index in [9.17, 15) is 0 Å². The first-order chi connectivity index (χ1) is 10.1. The molecule has 0 radical (unpaired) electrons. The van der Waals surface area contributed by atoms with Crippen molar-refractivity contribution in [2.24, 2.45) is 0 Å². The van der Waals surface area contributed by atoms with Crippen molar-refractivity contribution >= 4 is 34.2 Å². The zero-order valence-corrected chi connectivity index (χ0v) is 13.2. The SMILES string of the molecule is COc1cccc(-n2c(C(C)Cl)nc3ccc(Cl)cc32)c1. The molecule has 1 aromatic heterocycles. The molecule has 1 unspecified atom stereocenters. The highest BCUT2D eigenvalue weighted by Gasteiger charge is 2.16. The number of aromatic nitrogens is 2. The summed E-state index contributed by atoms with van der Waals surface area (Å²) >= 11 is 12.4. The highest BCUT2D eigenvalue weighted by atomic mass is 35.5. The van der Waals surface area contributed by atoms with E-state index in [0.717, 1.165) is 28.3 Å². The minimum atomic E-state index is -0.220. The monoisotopic (exact) mass is 320 g/mol. The molecule has 0 spiro atoms. The highest BCUT2D eigenvalue weighted by Crippen LogP contribution is 2.30. The first kappa shape index (κ1) is 14.2. The van der Waals surface area contributed by atoms with E-state index >= 15 is 0 Å². The molecule has 0 aliphatic rings. The number of nitrogens with zero attached hydrogens (tertiary/aromatic N) is 2. The van der Waals surface area contributed by atoms with Crippen molar-refractivity contribution in [3.63, 3.8) is 0 Å². The largest absolute Gasteiger partial charge is 0.497 e. The van der Waals surface area contributed by atoms with Gasteiger partial charge in [0.15, 0.2) is 0 Å². The lowest BCUT2D eigenvalue weighted by atomic mass is 10.2. The quantitative estimate of drug-likeness (QED) is 0.636. The Labute approximate surface area is 133 Å². The number of hydrogen-bond donors (Lipinski definition) is 0. The van der Waals surface area contributed by atoms with Gasteiger partial charge in [-0.3, -0.25) is 4.57 Å². The molecule has 1 atom stereocenters. The van der Waals surface area contributed by atoms with Crippen molar-refractivity contribution in [2.75, 3.05) is 7.11 Å². The van der Waals surface area contributed by atoms with E-state index in [1.165, 1.54) is 0 Å². The molecule has 3 nitrogen and oxygen atoms in total. The van der Waals surface area contributed by atoms with E-state index in [4.69, 9.17) is 27.9 Å². The molecule has 0 aliphatic carbocycles. The van der Waals surface area contributed by atoms with Crippen LogP contribution in [-0.2, 0) is 0 Å². The smallest absolute Gasteiger partial charge is 0.132 e. The molecule has 5 heteroatoms. The van der Waals surface area contributed by atoms with Crippen molar-refractivity contribution in [2.45, 2.75) is 12.3 Å². The third-order valence-corrected chi connectivity index (χ3v) is 3.74. The average Bonchev–Trinajstić information content (AvgIpc) is 2.86. The lowest BCUT2D eigenvalue weighted by molar-refractivity contribution is 0.414. The van der Waals surface area contributed by atoms with Crippen LogP contribution >= 0.6 is 23.2 Å². The van der Waals surface area contributed by atoms with Crippen LogP contribution in [0, 0.1) is 0 Å². The maximum absolute atomic E-state index is 6.30. The Bertz CT molecular complexity index is 796. The van der Waals surface area contributed by atoms with Gasteiger partial charge in [-0.15, -0.1) is 11.6 Å². The maximum atomic E-state index is 6.30. The maximum Gasteiger partial charge on any atom is 0.132 e. The van der Waals surface area contributed by atoms with Crippen LogP contribution in [0.15, 0.2) is 42.5 Å². The molecule has 3 rings (SSSR count). The van der Waals surface area contributed by atoms with Gasteiger partial charge in [0.1, 0.15) is 11.6 Å². The molecule has 21 heavy (non-hydrogen) atoms. The van der Waals surface area contributed by atoms with Crippen LogP contribution in [-0.4, -0.2) is 16.7 Å². The second kappa shape index (κ2) is 5.58. The van der Waals surface area contributed by atoms with E-state index in [-0.39, 0.29) is 5.38 Å². The summed E-state index contributed by atoms with van der Waals surface area (Å²) in [7, 11) is 1.65. The molecule has 0 saturated carbocycles. The van der Waals surface area contributed by atoms with Crippen molar-refractivity contribution in [3.05, 3.63) is 53.3 Å². The molecule has 108 valence electrons. The van der Waals surface area contributed by atoms with Crippen LogP contribution in [0.3, 0.4) is 0 Å². The van der Waals surface area contributed by atoms with Crippen molar-refractivity contribution < 1.29 is 4.74 Å². The zero-order valence-electron chi connectivity index (χ0n) is 11.7. The fourth-order valence-electron chi connectivity index (χ4n) is 2.35. The highest BCUT2D eigenvalue weighted by molar-refractivity contribution is 6.31. The predicted molar refractivity (Wildman–Crippen MR) is 86.9 cm³/mol. The van der Waals surface area contributed by atoms with E-state index in [1.54, 1.807) is 7.11 Å². The molecule has 0 fully saturated rings. The summed E-state index contributed by atoms with van der Waals surface area (Å²) in [6, 6.07) is 13.4. The molecular formula is C16H14Cl2N2O. The molecule has 0 N–H and O–H groups in total. The van der Waals surface area contributed by atoms with E-state index in [0.29, 0.717) is 5.02 Å². The van der Waals surface area contributed by atoms with Crippen molar-refractivity contribution in [1.29, 1.82) is 0 Å². The number of hydrogen-bond acceptors (Lipinski definition) is 2. The third kappa shape index (κ3) is 2.59. The van der Waals surface area contributed by atoms with Gasteiger partial charge in [-0.1, -0.05) is 17.7 Å². The normalized spacial score (nSPS) is 12.6. The summed E-state index contributed by atoms with van der Waals surface area (Å²) in [4.78, 5) is 4.62. The topological polar surface area (TPSA) is 27.1 Å². The summed E-state index contributed by atoms with van der Waals surface area (Å²) in [6.07, 6.45) is 0. The summed E-state index contributed by atoms with van der Waals surface area (Å²) < 4.78 is 7.31. The fourth-order valence-corrected chi connectivity index (χ4v) is 2.67. The fraction of sp³-hybridized carbons (Fsp3) is 0.188. The first-order valence-corrected chi connectivity index (χ1v) is 7.38. The summed E-state index contributed by atoms with van der Waals surface area (Å²) in [6.45, 7) is 1.90. The minimum Gasteiger partial charge on any atom is -0.497 e. The van der Waals surface area contributed by atoms with Crippen LogP contribution in [0.5, 0.6) is 5.75 Å². The van der Waals surface area contributed by atoms with Crippen molar-refractivity contribution in [1.82, 2.24) is 9.55 Å². The number of alkyl halides is 1. The number of rotatable bonds is 3. The summed E-state index contributed by atoms with van der Waals surface area (Å²) in [5.74, 6) is 1.56. The molecule has 0 amide bonds. The Morgan fingerprint density at radius 1 is 1.19 bits per heavy atom. The molecule has 0 saturated heterocycles. The molecular weight excluding hydrogens is 307 g/mol. The van der Waals surface area contributed by atoms with Gasteiger partial charge in [-0.2, -0.15) is 0 Å². The first-order valence-electron chi connectivity index (χ1n) is 6.56. The minimum absolute atomic E-state index is 0.220. The second-order valence-corrected chi connectivity index (χ2v) is 5.85. The Hall–Kier alpha value is -1.71. The van der Waals surface area contributed by atoms with Gasteiger partial charge in [0.05, 0.1) is 29.2 Å². The van der Waals surface area contributed by atoms with Crippen LogP contribution in [0.25, 0.3) is 16.7 Å². The van der Waals surface area contributed by atoms with Crippen molar-refractivity contribution in [3.8, 4) is 11.4 Å². The number of fused-ring (bicyclic) bond motifs is 1. The molecule has 3 aromatic rings. The van der Waals surface area contributed by atoms with Gasteiger partial charge >= 0.3 is 0 Å². The van der Waals surface area contributed by atoms with Gasteiger partial charge in [0.25, 0.3) is 0 Å². The van der Waals surface area contributed by atoms with Gasteiger partial charge in [-0.25, -0.2) is 4.98 Å². The number of halogens is 2. The lowest BCUT2D eigenvalue weighted by Crippen LogP contribution is -2.02. The van der Waals surface area contributed by atoms with Gasteiger partial charge < -0.3 is 4.74 Å². The van der Waals surface area contributed by atoms with Gasteiger partial charge in [0.2, 0.25) is 0 Å². The Morgan fingerprint density at radius 3 is 2.71 bits per heavy atom. The van der Waals surface area contributed by atoms with Gasteiger partial charge in [-0.05, 0) is 37.3 Å². The number of benzene rings is 2. The number of imidazole rings is 1. The molecule has 0 bridgehead atoms. The third-order valence-electron chi connectivity index (χ3n) is 3.31. The molecule has 2 aromatic carbocycles. The zero-order chi connectivity index (χ0) is 15.0. The number of methoxy groups -OCH3 is 1. The summed E-state index contributed by atoms with van der Waals surface area (Å²) in [5.41, 5.74) is 2.74. The van der Waals surface area contributed by atoms with Crippen LogP contribution in [0.1, 0.15) is 18.1 Å². The Morgan fingerprint density at radius 2 is 2.00 bits per heavy atom. The van der Waals surface area contributed by atoms with Crippen LogP contribution in [0.4, 0.5) is 0 Å². The van der Waals surface area contributed by atoms with Gasteiger partial charge in [0, 0.05) is 11.1 Å². The second-order valence-electron chi connectivity index (χ2n) is 4.76. The standard InChI is InChI=1S/C16H14Cl2N2O/c1-10(17)16-19-14-7-6-11(18)8-15(14)20(16)12-4-3-5-13(9-12)21-2/h3-10H,1-2H3. The summed E-state index contributed by atoms with van der Waals surface area (Å²) in [5, 5.41) is 0.447. The Kier molecular flexibility index (Phi) is 3.79. The Balaban J connectivity index is 2.32. The van der Waals surface area contributed by atoms with E-state index in [1.807, 2.05) is 54.0 Å². The van der Waals surface area contributed by atoms with Crippen LogP contribution < -0.4 is 4.74 Å². The van der Waals surface area contributed by atoms with E-state index in [2.05, 4.69) is 4.98 Å². The van der Waals surface area contributed by atoms with E-state index < -0.39 is 0 Å².